The molecule has 1 amide bonds. The van der Waals surface area contributed by atoms with E-state index in [1.165, 1.54) is 18.2 Å². The topological polar surface area (TPSA) is 76.6 Å². The number of ether oxygens (including phenoxy) is 2. The predicted octanol–water partition coefficient (Wildman–Crippen LogP) is 2.48. The van der Waals surface area contributed by atoms with Crippen molar-refractivity contribution in [2.75, 3.05) is 31.6 Å². The fourth-order valence-corrected chi connectivity index (χ4v) is 3.24. The number of carbonyl (C=O) groups excluding carboxylic acids is 1. The number of halogens is 2. The van der Waals surface area contributed by atoms with E-state index in [1.807, 2.05) is 0 Å². The van der Waals surface area contributed by atoms with Crippen LogP contribution in [0.3, 0.4) is 0 Å². The summed E-state index contributed by atoms with van der Waals surface area (Å²) in [5, 5.41) is 10.5. The van der Waals surface area contributed by atoms with E-state index in [-0.39, 0.29) is 23.1 Å². The van der Waals surface area contributed by atoms with Gasteiger partial charge < -0.3 is 19.7 Å². The summed E-state index contributed by atoms with van der Waals surface area (Å²) in [6.45, 7) is 2.20. The lowest BCUT2D eigenvalue weighted by Crippen LogP contribution is -2.47. The molecule has 0 unspecified atom stereocenters. The number of nitrogens with one attached hydrogen (secondary N) is 1. The van der Waals surface area contributed by atoms with Crippen LogP contribution in [0.2, 0.25) is 0 Å². The van der Waals surface area contributed by atoms with Crippen LogP contribution in [0.5, 0.6) is 0 Å². The Balaban J connectivity index is 1.39. The van der Waals surface area contributed by atoms with E-state index in [0.29, 0.717) is 39.1 Å². The van der Waals surface area contributed by atoms with E-state index < -0.39 is 17.4 Å². The first-order valence-electron chi connectivity index (χ1n) is 8.68. The van der Waals surface area contributed by atoms with Crippen LogP contribution >= 0.6 is 0 Å². The standard InChI is InChI=1S/C18H18F2N4O3/c19-12-1-2-14(13(20)11-12)21-16-4-3-15(22-23-16)17(25)24-7-5-18(6-8-24)26-9-10-27-18/h1-4,11H,5-10H2,(H,21,23). The number of piperidine rings is 1. The molecule has 1 aromatic heterocycles. The Labute approximate surface area is 154 Å². The van der Waals surface area contributed by atoms with Gasteiger partial charge in [-0.25, -0.2) is 8.78 Å². The van der Waals surface area contributed by atoms with Crippen molar-refractivity contribution in [2.24, 2.45) is 0 Å². The summed E-state index contributed by atoms with van der Waals surface area (Å²) in [6.07, 6.45) is 1.24. The Morgan fingerprint density at radius 1 is 1.07 bits per heavy atom. The van der Waals surface area contributed by atoms with Crippen molar-refractivity contribution >= 4 is 17.4 Å². The maximum atomic E-state index is 13.7. The molecule has 1 aromatic carbocycles. The average Bonchev–Trinajstić information content (AvgIpc) is 3.13. The third-order valence-electron chi connectivity index (χ3n) is 4.70. The highest BCUT2D eigenvalue weighted by Gasteiger charge is 2.41. The lowest BCUT2D eigenvalue weighted by molar-refractivity contribution is -0.181. The van der Waals surface area contributed by atoms with Gasteiger partial charge in [0.1, 0.15) is 11.6 Å². The Bertz CT molecular complexity index is 831. The van der Waals surface area contributed by atoms with Crippen molar-refractivity contribution in [3.8, 4) is 0 Å². The molecule has 2 saturated heterocycles. The number of hydrogen-bond donors (Lipinski definition) is 1. The fourth-order valence-electron chi connectivity index (χ4n) is 3.24. The molecule has 2 aromatic rings. The summed E-state index contributed by atoms with van der Waals surface area (Å²) in [5.74, 6) is -1.93. The lowest BCUT2D eigenvalue weighted by atomic mass is 10.0. The van der Waals surface area contributed by atoms with E-state index in [1.54, 1.807) is 4.90 Å². The summed E-state index contributed by atoms with van der Waals surface area (Å²) in [5.41, 5.74) is 0.270. The molecule has 2 aliphatic heterocycles. The van der Waals surface area contributed by atoms with Gasteiger partial charge in [0.05, 0.1) is 18.9 Å². The average molecular weight is 376 g/mol. The van der Waals surface area contributed by atoms with E-state index in [4.69, 9.17) is 9.47 Å². The first kappa shape index (κ1) is 17.7. The first-order valence-corrected chi connectivity index (χ1v) is 8.68. The quantitative estimate of drug-likeness (QED) is 0.887. The number of carbonyl (C=O) groups is 1. The molecule has 4 rings (SSSR count). The third kappa shape index (κ3) is 3.74. The normalized spacial score (nSPS) is 18.7. The molecule has 2 aliphatic rings. The summed E-state index contributed by atoms with van der Waals surface area (Å²) in [6, 6.07) is 6.22. The molecule has 142 valence electrons. The number of nitrogens with zero attached hydrogens (tertiary/aromatic N) is 3. The number of rotatable bonds is 3. The van der Waals surface area contributed by atoms with Crippen LogP contribution in [0.1, 0.15) is 23.3 Å². The zero-order chi connectivity index (χ0) is 18.9. The molecule has 0 saturated carbocycles. The summed E-state index contributed by atoms with van der Waals surface area (Å²) in [7, 11) is 0. The molecule has 3 heterocycles. The summed E-state index contributed by atoms with van der Waals surface area (Å²) in [4.78, 5) is 14.3. The highest BCUT2D eigenvalue weighted by molar-refractivity contribution is 5.92. The molecule has 1 N–H and O–H groups in total. The minimum absolute atomic E-state index is 0.0719. The highest BCUT2D eigenvalue weighted by atomic mass is 19.1. The number of benzene rings is 1. The Kier molecular flexibility index (Phi) is 4.71. The second-order valence-corrected chi connectivity index (χ2v) is 6.45. The van der Waals surface area contributed by atoms with E-state index >= 15 is 0 Å². The fraction of sp³-hybridized carbons (Fsp3) is 0.389. The SMILES string of the molecule is O=C(c1ccc(Nc2ccc(F)cc2F)nn1)N1CCC2(CC1)OCCO2. The zero-order valence-corrected chi connectivity index (χ0v) is 14.5. The number of amides is 1. The number of anilines is 2. The maximum absolute atomic E-state index is 13.7. The Hall–Kier alpha value is -2.65. The van der Waals surface area contributed by atoms with Crippen LogP contribution in [-0.4, -0.2) is 53.1 Å². The highest BCUT2D eigenvalue weighted by Crippen LogP contribution is 2.31. The molecule has 2 fully saturated rings. The minimum atomic E-state index is -0.740. The van der Waals surface area contributed by atoms with Crippen molar-refractivity contribution in [3.63, 3.8) is 0 Å². The Morgan fingerprint density at radius 2 is 1.81 bits per heavy atom. The molecule has 0 atom stereocenters. The van der Waals surface area contributed by atoms with Gasteiger partial charge in [-0.1, -0.05) is 0 Å². The van der Waals surface area contributed by atoms with Gasteiger partial charge in [-0.3, -0.25) is 4.79 Å². The maximum Gasteiger partial charge on any atom is 0.274 e. The van der Waals surface area contributed by atoms with Gasteiger partial charge in [0, 0.05) is 32.0 Å². The number of hydrogen-bond acceptors (Lipinski definition) is 6. The molecule has 0 radical (unpaired) electrons. The monoisotopic (exact) mass is 376 g/mol. The van der Waals surface area contributed by atoms with Gasteiger partial charge >= 0.3 is 0 Å². The van der Waals surface area contributed by atoms with Crippen molar-refractivity contribution in [1.82, 2.24) is 15.1 Å². The lowest BCUT2D eigenvalue weighted by Gasteiger charge is -2.37. The van der Waals surface area contributed by atoms with Crippen LogP contribution in [0, 0.1) is 11.6 Å². The number of likely N-dealkylation sites (tertiary alicyclic amines) is 1. The van der Waals surface area contributed by atoms with Gasteiger partial charge in [-0.15, -0.1) is 10.2 Å². The van der Waals surface area contributed by atoms with Gasteiger partial charge in [0.2, 0.25) is 0 Å². The van der Waals surface area contributed by atoms with E-state index in [9.17, 15) is 13.6 Å². The second kappa shape index (κ2) is 7.16. The summed E-state index contributed by atoms with van der Waals surface area (Å²) < 4.78 is 37.9. The smallest absolute Gasteiger partial charge is 0.274 e. The van der Waals surface area contributed by atoms with Gasteiger partial charge in [0.15, 0.2) is 17.3 Å². The molecule has 0 bridgehead atoms. The van der Waals surface area contributed by atoms with Crippen molar-refractivity contribution in [1.29, 1.82) is 0 Å². The zero-order valence-electron chi connectivity index (χ0n) is 14.5. The predicted molar refractivity (Wildman–Crippen MR) is 91.4 cm³/mol. The minimum Gasteiger partial charge on any atom is -0.347 e. The third-order valence-corrected chi connectivity index (χ3v) is 4.70. The van der Waals surface area contributed by atoms with Gasteiger partial charge in [-0.2, -0.15) is 0 Å². The molecule has 1 spiro atoms. The molecular weight excluding hydrogens is 358 g/mol. The molecular formula is C18H18F2N4O3. The largest absolute Gasteiger partial charge is 0.347 e. The first-order chi connectivity index (χ1) is 13.0. The van der Waals surface area contributed by atoms with Crippen LogP contribution in [0.25, 0.3) is 0 Å². The number of aromatic nitrogens is 2. The van der Waals surface area contributed by atoms with E-state index in [2.05, 4.69) is 15.5 Å². The summed E-state index contributed by atoms with van der Waals surface area (Å²) >= 11 is 0. The van der Waals surface area contributed by atoms with Gasteiger partial charge in [-0.05, 0) is 24.3 Å². The van der Waals surface area contributed by atoms with Crippen molar-refractivity contribution in [2.45, 2.75) is 18.6 Å². The molecule has 7 nitrogen and oxygen atoms in total. The van der Waals surface area contributed by atoms with Crippen molar-refractivity contribution < 1.29 is 23.0 Å². The van der Waals surface area contributed by atoms with Crippen LogP contribution in [-0.2, 0) is 9.47 Å². The molecule has 0 aliphatic carbocycles. The van der Waals surface area contributed by atoms with Crippen LogP contribution in [0.15, 0.2) is 30.3 Å². The van der Waals surface area contributed by atoms with Crippen LogP contribution < -0.4 is 5.32 Å². The van der Waals surface area contributed by atoms with Crippen molar-refractivity contribution in [3.05, 3.63) is 47.7 Å². The van der Waals surface area contributed by atoms with Gasteiger partial charge in [0.25, 0.3) is 5.91 Å². The van der Waals surface area contributed by atoms with E-state index in [0.717, 1.165) is 12.1 Å². The van der Waals surface area contributed by atoms with Crippen LogP contribution in [0.4, 0.5) is 20.3 Å². The molecule has 9 heteroatoms. The Morgan fingerprint density at radius 3 is 2.44 bits per heavy atom. The second-order valence-electron chi connectivity index (χ2n) is 6.45. The molecule has 27 heavy (non-hydrogen) atoms.